The zero-order valence-electron chi connectivity index (χ0n) is 5.32. The summed E-state index contributed by atoms with van der Waals surface area (Å²) in [5.74, 6) is 0.238. The SMILES string of the molecule is CCCC(=O)[NH][Sn][CH3]. The zero-order chi connectivity index (χ0) is 6.41. The molecular weight excluding hydrogens is 209 g/mol. The zero-order valence-corrected chi connectivity index (χ0v) is 8.18. The van der Waals surface area contributed by atoms with Crippen LogP contribution in [0.2, 0.25) is 4.94 Å². The van der Waals surface area contributed by atoms with Crippen LogP contribution in [0.15, 0.2) is 0 Å². The second-order valence-electron chi connectivity index (χ2n) is 1.55. The molecule has 2 radical (unpaired) electrons. The van der Waals surface area contributed by atoms with Gasteiger partial charge >= 0.3 is 60.4 Å². The van der Waals surface area contributed by atoms with Crippen LogP contribution in [0.1, 0.15) is 19.8 Å². The van der Waals surface area contributed by atoms with E-state index in [4.69, 9.17) is 0 Å². The Balaban J connectivity index is 3.06. The first kappa shape index (κ1) is 8.27. The van der Waals surface area contributed by atoms with Crippen LogP contribution in [0, 0.1) is 0 Å². The van der Waals surface area contributed by atoms with E-state index < -0.39 is 21.4 Å². The number of amides is 1. The van der Waals surface area contributed by atoms with Crippen LogP contribution in [-0.2, 0) is 4.79 Å². The summed E-state index contributed by atoms with van der Waals surface area (Å²) in [7, 11) is 0. The Bertz CT molecular complexity index is 66.8. The average molecular weight is 220 g/mol. The van der Waals surface area contributed by atoms with E-state index in [-0.39, 0.29) is 5.91 Å². The molecular formula is C5H11NOSn. The van der Waals surface area contributed by atoms with E-state index in [1.54, 1.807) is 0 Å². The fourth-order valence-electron chi connectivity index (χ4n) is 0.429. The third-order valence-corrected chi connectivity index (χ3v) is 2.25. The molecule has 0 atom stereocenters. The summed E-state index contributed by atoms with van der Waals surface area (Å²) in [4.78, 5) is 12.7. The molecule has 0 heterocycles. The molecule has 0 aromatic carbocycles. The topological polar surface area (TPSA) is 29.1 Å². The second kappa shape index (κ2) is 5.41. The second-order valence-corrected chi connectivity index (χ2v) is 3.69. The molecule has 0 saturated heterocycles. The van der Waals surface area contributed by atoms with Crippen molar-refractivity contribution in [3.8, 4) is 0 Å². The van der Waals surface area contributed by atoms with Crippen LogP contribution >= 0.6 is 0 Å². The maximum absolute atomic E-state index is 10.6. The molecule has 0 aliphatic heterocycles. The summed E-state index contributed by atoms with van der Waals surface area (Å²) in [5, 5.41) is 0. The molecule has 8 heavy (non-hydrogen) atoms. The van der Waals surface area contributed by atoms with Gasteiger partial charge in [-0.1, -0.05) is 0 Å². The first-order valence-corrected chi connectivity index (χ1v) is 7.05. The van der Waals surface area contributed by atoms with Gasteiger partial charge in [0.05, 0.1) is 0 Å². The van der Waals surface area contributed by atoms with Crippen molar-refractivity contribution >= 4 is 27.3 Å². The van der Waals surface area contributed by atoms with Crippen molar-refractivity contribution < 1.29 is 4.79 Å². The summed E-state index contributed by atoms with van der Waals surface area (Å²) in [6, 6.07) is 0. The molecule has 3 heteroatoms. The van der Waals surface area contributed by atoms with Crippen molar-refractivity contribution in [3.05, 3.63) is 0 Å². The molecule has 1 N–H and O–H groups in total. The first-order valence-electron chi connectivity index (χ1n) is 2.76. The predicted octanol–water partition coefficient (Wildman–Crippen LogP) is 0.570. The number of rotatable bonds is 3. The predicted molar refractivity (Wildman–Crippen MR) is 34.7 cm³/mol. The van der Waals surface area contributed by atoms with Gasteiger partial charge in [-0.3, -0.25) is 0 Å². The Morgan fingerprint density at radius 1 is 1.75 bits per heavy atom. The molecule has 0 fully saturated rings. The van der Waals surface area contributed by atoms with Gasteiger partial charge in [0.2, 0.25) is 0 Å². The van der Waals surface area contributed by atoms with E-state index in [0.717, 1.165) is 6.42 Å². The van der Waals surface area contributed by atoms with E-state index in [0.29, 0.717) is 6.42 Å². The summed E-state index contributed by atoms with van der Waals surface area (Å²) in [5.41, 5.74) is 0. The van der Waals surface area contributed by atoms with Crippen LogP contribution in [0.25, 0.3) is 0 Å². The van der Waals surface area contributed by atoms with Crippen LogP contribution in [0.5, 0.6) is 0 Å². The Morgan fingerprint density at radius 3 is 2.75 bits per heavy atom. The number of carbonyl (C=O) groups is 1. The van der Waals surface area contributed by atoms with Crippen LogP contribution < -0.4 is 3.54 Å². The monoisotopic (exact) mass is 221 g/mol. The molecule has 0 unspecified atom stereocenters. The number of carbonyl (C=O) groups excluding carboxylic acids is 1. The Kier molecular flexibility index (Phi) is 5.59. The van der Waals surface area contributed by atoms with Crippen LogP contribution in [0.4, 0.5) is 0 Å². The fraction of sp³-hybridized carbons (Fsp3) is 0.800. The van der Waals surface area contributed by atoms with Gasteiger partial charge in [0.25, 0.3) is 0 Å². The van der Waals surface area contributed by atoms with Gasteiger partial charge in [0.1, 0.15) is 0 Å². The van der Waals surface area contributed by atoms with Gasteiger partial charge in [0.15, 0.2) is 0 Å². The van der Waals surface area contributed by atoms with E-state index in [2.05, 4.69) is 8.48 Å². The minimum atomic E-state index is -0.478. The third kappa shape index (κ3) is 4.43. The summed E-state index contributed by atoms with van der Waals surface area (Å²) in [6.07, 6.45) is 1.67. The summed E-state index contributed by atoms with van der Waals surface area (Å²) < 4.78 is 2.88. The van der Waals surface area contributed by atoms with Crippen molar-refractivity contribution in [1.29, 1.82) is 0 Å². The van der Waals surface area contributed by atoms with Gasteiger partial charge in [0, 0.05) is 0 Å². The van der Waals surface area contributed by atoms with E-state index >= 15 is 0 Å². The van der Waals surface area contributed by atoms with Gasteiger partial charge < -0.3 is 0 Å². The average Bonchev–Trinajstić information content (AvgIpc) is 1.68. The Morgan fingerprint density at radius 2 is 2.38 bits per heavy atom. The third-order valence-electron chi connectivity index (χ3n) is 0.741. The normalized spacial score (nSPS) is 8.75. The number of hydrogen-bond acceptors (Lipinski definition) is 1. The minimum absolute atomic E-state index is 0.238. The number of hydrogen-bond donors (Lipinski definition) is 1. The Labute approximate surface area is 60.6 Å². The molecule has 0 aromatic heterocycles. The van der Waals surface area contributed by atoms with E-state index in [1.165, 1.54) is 0 Å². The molecule has 0 bridgehead atoms. The van der Waals surface area contributed by atoms with Gasteiger partial charge in [-0.15, -0.1) is 0 Å². The van der Waals surface area contributed by atoms with Gasteiger partial charge in [-0.2, -0.15) is 0 Å². The Hall–Kier alpha value is 0.269. The molecule has 0 aliphatic carbocycles. The van der Waals surface area contributed by atoms with E-state index in [9.17, 15) is 4.79 Å². The van der Waals surface area contributed by atoms with Crippen molar-refractivity contribution in [3.63, 3.8) is 0 Å². The fourth-order valence-corrected chi connectivity index (χ4v) is 1.58. The quantitative estimate of drug-likeness (QED) is 0.692. The van der Waals surface area contributed by atoms with Crippen molar-refractivity contribution in [2.24, 2.45) is 0 Å². The van der Waals surface area contributed by atoms with E-state index in [1.807, 2.05) is 6.92 Å². The molecule has 0 saturated carbocycles. The molecule has 0 aliphatic rings. The maximum atomic E-state index is 10.6. The summed E-state index contributed by atoms with van der Waals surface area (Å²) in [6.45, 7) is 2.01. The molecule has 0 rings (SSSR count). The molecule has 46 valence electrons. The van der Waals surface area contributed by atoms with Crippen LogP contribution in [-0.4, -0.2) is 27.3 Å². The van der Waals surface area contributed by atoms with Crippen molar-refractivity contribution in [2.75, 3.05) is 0 Å². The standard InChI is InChI=1S/C4H9NO.CH3.Sn/c1-2-3-4(5)6;;/h2-3H2,1H3,(H2,5,6);1H3;/q;;+1/p-1. The molecule has 0 aromatic rings. The molecule has 1 amide bonds. The van der Waals surface area contributed by atoms with Crippen molar-refractivity contribution in [1.82, 2.24) is 3.54 Å². The van der Waals surface area contributed by atoms with Gasteiger partial charge in [-0.25, -0.2) is 0 Å². The van der Waals surface area contributed by atoms with Crippen LogP contribution in [0.3, 0.4) is 0 Å². The van der Waals surface area contributed by atoms with Crippen molar-refractivity contribution in [2.45, 2.75) is 24.7 Å². The number of nitrogens with one attached hydrogen (secondary N) is 1. The molecule has 0 spiro atoms. The summed E-state index contributed by atoms with van der Waals surface area (Å²) >= 11 is -0.478. The van der Waals surface area contributed by atoms with Gasteiger partial charge in [-0.05, 0) is 0 Å². The first-order chi connectivity index (χ1) is 3.81. The molecule has 2 nitrogen and oxygen atoms in total.